The molecule has 2 aromatic rings. The third kappa shape index (κ3) is 3.27. The summed E-state index contributed by atoms with van der Waals surface area (Å²) in [6, 6.07) is 6.07. The van der Waals surface area contributed by atoms with Crippen molar-refractivity contribution in [2.75, 3.05) is 6.61 Å². The fourth-order valence-electron chi connectivity index (χ4n) is 2.64. The van der Waals surface area contributed by atoms with E-state index in [4.69, 9.17) is 4.74 Å². The molecule has 1 N–H and O–H groups in total. The number of aryl methyl sites for hydroxylation is 2. The molecule has 0 aliphatic carbocycles. The lowest BCUT2D eigenvalue weighted by Gasteiger charge is -2.20. The van der Waals surface area contributed by atoms with Crippen LogP contribution in [-0.2, 0) is 17.8 Å². The van der Waals surface area contributed by atoms with Crippen LogP contribution in [0, 0.1) is 6.92 Å². The normalized spacial score (nSPS) is 14.8. The number of aromatic nitrogens is 3. The van der Waals surface area contributed by atoms with Crippen LogP contribution in [0.3, 0.4) is 0 Å². The van der Waals surface area contributed by atoms with Gasteiger partial charge in [-0.25, -0.2) is 4.68 Å². The van der Waals surface area contributed by atoms with Crippen molar-refractivity contribution in [1.29, 1.82) is 0 Å². The van der Waals surface area contributed by atoms with Crippen LogP contribution in [0.25, 0.3) is 0 Å². The molecule has 116 valence electrons. The fraction of sp³-hybridized carbons (Fsp3) is 0.438. The van der Waals surface area contributed by atoms with Crippen molar-refractivity contribution in [3.8, 4) is 5.75 Å². The quantitative estimate of drug-likeness (QED) is 0.934. The zero-order valence-electron chi connectivity index (χ0n) is 12.9. The molecule has 2 heterocycles. The van der Waals surface area contributed by atoms with Gasteiger partial charge in [0.25, 0.3) is 0 Å². The summed E-state index contributed by atoms with van der Waals surface area (Å²) in [4.78, 5) is 12.1. The number of benzene rings is 1. The number of nitrogens with zero attached hydrogens (tertiary/aromatic N) is 3. The molecule has 1 aliphatic rings. The van der Waals surface area contributed by atoms with E-state index in [9.17, 15) is 4.79 Å². The number of rotatable bonds is 4. The van der Waals surface area contributed by atoms with Crippen molar-refractivity contribution in [3.63, 3.8) is 0 Å². The monoisotopic (exact) mass is 300 g/mol. The van der Waals surface area contributed by atoms with Crippen molar-refractivity contribution in [2.24, 2.45) is 0 Å². The van der Waals surface area contributed by atoms with Crippen LogP contribution in [0.4, 0.5) is 0 Å². The standard InChI is InChI=1S/C16H20N4O2/c1-11-9-20(19-18-11)10-16(21)17-12(2)13-5-6-15-14(8-13)4-3-7-22-15/h5-6,8-9,12H,3-4,7,10H2,1-2H3,(H,17,21)/t12-/m1/s1. The summed E-state index contributed by atoms with van der Waals surface area (Å²) in [5.74, 6) is 0.887. The second-order valence-corrected chi connectivity index (χ2v) is 5.67. The summed E-state index contributed by atoms with van der Waals surface area (Å²) in [6.07, 6.45) is 3.82. The summed E-state index contributed by atoms with van der Waals surface area (Å²) in [5.41, 5.74) is 3.11. The highest BCUT2D eigenvalue weighted by Crippen LogP contribution is 2.27. The number of carbonyl (C=O) groups is 1. The predicted octanol–water partition coefficient (Wildman–Crippen LogP) is 1.79. The lowest BCUT2D eigenvalue weighted by molar-refractivity contribution is -0.122. The maximum absolute atomic E-state index is 12.1. The molecule has 0 radical (unpaired) electrons. The Hall–Kier alpha value is -2.37. The first-order valence-electron chi connectivity index (χ1n) is 7.53. The Bertz CT molecular complexity index is 681. The molecule has 22 heavy (non-hydrogen) atoms. The largest absolute Gasteiger partial charge is 0.493 e. The summed E-state index contributed by atoms with van der Waals surface area (Å²) in [6.45, 7) is 4.80. The highest BCUT2D eigenvalue weighted by molar-refractivity contribution is 5.76. The number of hydrogen-bond acceptors (Lipinski definition) is 4. The zero-order chi connectivity index (χ0) is 15.5. The first-order valence-corrected chi connectivity index (χ1v) is 7.53. The molecule has 3 rings (SSSR count). The summed E-state index contributed by atoms with van der Waals surface area (Å²) in [7, 11) is 0. The smallest absolute Gasteiger partial charge is 0.242 e. The van der Waals surface area contributed by atoms with E-state index in [1.165, 1.54) is 10.2 Å². The van der Waals surface area contributed by atoms with E-state index < -0.39 is 0 Å². The molecule has 0 unspecified atom stereocenters. The van der Waals surface area contributed by atoms with Crippen LogP contribution in [0.5, 0.6) is 5.75 Å². The Labute approximate surface area is 129 Å². The number of carbonyl (C=O) groups excluding carboxylic acids is 1. The molecular weight excluding hydrogens is 280 g/mol. The second-order valence-electron chi connectivity index (χ2n) is 5.67. The molecule has 0 saturated carbocycles. The second kappa shape index (κ2) is 6.17. The van der Waals surface area contributed by atoms with Gasteiger partial charge < -0.3 is 10.1 Å². The Balaban J connectivity index is 1.63. The summed E-state index contributed by atoms with van der Waals surface area (Å²) < 4.78 is 7.15. The Morgan fingerprint density at radius 3 is 3.14 bits per heavy atom. The molecule has 6 heteroatoms. The van der Waals surface area contributed by atoms with Gasteiger partial charge in [-0.15, -0.1) is 5.10 Å². The van der Waals surface area contributed by atoms with Crippen molar-refractivity contribution in [2.45, 2.75) is 39.3 Å². The predicted molar refractivity (Wildman–Crippen MR) is 81.6 cm³/mol. The SMILES string of the molecule is Cc1cn(CC(=O)N[C@H](C)c2ccc3c(c2)CCCO3)nn1. The van der Waals surface area contributed by atoms with Crippen molar-refractivity contribution in [3.05, 3.63) is 41.2 Å². The third-order valence-corrected chi connectivity index (χ3v) is 3.77. The Kier molecular flexibility index (Phi) is 4.09. The summed E-state index contributed by atoms with van der Waals surface area (Å²) >= 11 is 0. The van der Waals surface area contributed by atoms with Crippen molar-refractivity contribution >= 4 is 5.91 Å². The number of ether oxygens (including phenoxy) is 1. The van der Waals surface area contributed by atoms with Gasteiger partial charge >= 0.3 is 0 Å². The van der Waals surface area contributed by atoms with Crippen LogP contribution in [-0.4, -0.2) is 27.5 Å². The lowest BCUT2D eigenvalue weighted by Crippen LogP contribution is -2.30. The molecule has 1 atom stereocenters. The highest BCUT2D eigenvalue weighted by atomic mass is 16.5. The molecule has 0 spiro atoms. The van der Waals surface area contributed by atoms with Gasteiger partial charge in [0.05, 0.1) is 18.3 Å². The lowest BCUT2D eigenvalue weighted by atomic mass is 10.00. The number of nitrogens with one attached hydrogen (secondary N) is 1. The van der Waals surface area contributed by atoms with Gasteiger partial charge in [-0.2, -0.15) is 0 Å². The molecular formula is C16H20N4O2. The number of fused-ring (bicyclic) bond motifs is 1. The Morgan fingerprint density at radius 2 is 2.36 bits per heavy atom. The van der Waals surface area contributed by atoms with Crippen LogP contribution < -0.4 is 10.1 Å². The molecule has 6 nitrogen and oxygen atoms in total. The van der Waals surface area contributed by atoms with E-state index in [0.717, 1.165) is 36.5 Å². The van der Waals surface area contributed by atoms with Gasteiger partial charge in [0.1, 0.15) is 12.3 Å². The maximum atomic E-state index is 12.1. The molecule has 0 saturated heterocycles. The average Bonchev–Trinajstić information content (AvgIpc) is 2.91. The van der Waals surface area contributed by atoms with E-state index in [1.54, 1.807) is 6.20 Å². The van der Waals surface area contributed by atoms with Crippen LogP contribution >= 0.6 is 0 Å². The third-order valence-electron chi connectivity index (χ3n) is 3.77. The van der Waals surface area contributed by atoms with Gasteiger partial charge in [0.15, 0.2) is 0 Å². The highest BCUT2D eigenvalue weighted by Gasteiger charge is 2.15. The topological polar surface area (TPSA) is 69.0 Å². The number of amides is 1. The van der Waals surface area contributed by atoms with Gasteiger partial charge in [0, 0.05) is 6.20 Å². The minimum Gasteiger partial charge on any atom is -0.493 e. The van der Waals surface area contributed by atoms with Gasteiger partial charge in [0.2, 0.25) is 5.91 Å². The first kappa shape index (κ1) is 14.6. The number of hydrogen-bond donors (Lipinski definition) is 1. The fourth-order valence-corrected chi connectivity index (χ4v) is 2.64. The van der Waals surface area contributed by atoms with E-state index in [-0.39, 0.29) is 18.5 Å². The Morgan fingerprint density at radius 1 is 1.50 bits per heavy atom. The molecule has 0 bridgehead atoms. The molecule has 1 amide bonds. The van der Waals surface area contributed by atoms with E-state index >= 15 is 0 Å². The minimum atomic E-state index is -0.0774. The van der Waals surface area contributed by atoms with E-state index in [2.05, 4.69) is 21.7 Å². The van der Waals surface area contributed by atoms with Crippen LogP contribution in [0.15, 0.2) is 24.4 Å². The first-order chi connectivity index (χ1) is 10.6. The minimum absolute atomic E-state index is 0.0515. The molecule has 1 aliphatic heterocycles. The zero-order valence-corrected chi connectivity index (χ0v) is 12.9. The molecule has 1 aromatic carbocycles. The van der Waals surface area contributed by atoms with Gasteiger partial charge in [-0.1, -0.05) is 17.3 Å². The average molecular weight is 300 g/mol. The van der Waals surface area contributed by atoms with Crippen molar-refractivity contribution in [1.82, 2.24) is 20.3 Å². The van der Waals surface area contributed by atoms with Gasteiger partial charge in [-0.05, 0) is 43.9 Å². The van der Waals surface area contributed by atoms with Crippen LogP contribution in [0.2, 0.25) is 0 Å². The maximum Gasteiger partial charge on any atom is 0.242 e. The van der Waals surface area contributed by atoms with E-state index in [0.29, 0.717) is 0 Å². The van der Waals surface area contributed by atoms with Crippen molar-refractivity contribution < 1.29 is 9.53 Å². The van der Waals surface area contributed by atoms with E-state index in [1.807, 2.05) is 26.0 Å². The molecule has 1 aromatic heterocycles. The molecule has 0 fully saturated rings. The van der Waals surface area contributed by atoms with Gasteiger partial charge in [-0.3, -0.25) is 4.79 Å². The summed E-state index contributed by atoms with van der Waals surface area (Å²) in [5, 5.41) is 10.7. The van der Waals surface area contributed by atoms with Crippen LogP contribution in [0.1, 0.15) is 36.2 Å².